The molecule has 27 heavy (non-hydrogen) atoms. The second kappa shape index (κ2) is 9.96. The minimum absolute atomic E-state index is 0.0251. The van der Waals surface area contributed by atoms with Gasteiger partial charge in [0.25, 0.3) is 0 Å². The van der Waals surface area contributed by atoms with E-state index in [9.17, 15) is 23.2 Å². The van der Waals surface area contributed by atoms with Gasteiger partial charge in [0.15, 0.2) is 11.6 Å². The van der Waals surface area contributed by atoms with E-state index in [4.69, 9.17) is 0 Å². The predicted octanol–water partition coefficient (Wildman–Crippen LogP) is 0.725. The Morgan fingerprint density at radius 3 is 2.89 bits per heavy atom. The molecule has 0 radical (unpaired) electrons. The number of hydrogen-bond acceptors (Lipinski definition) is 5. The molecule has 0 aromatic heterocycles. The molecule has 1 aliphatic rings. The highest BCUT2D eigenvalue weighted by molar-refractivity contribution is 5.88. The molecule has 1 fully saturated rings. The summed E-state index contributed by atoms with van der Waals surface area (Å²) in [6.07, 6.45) is 0.500. The van der Waals surface area contributed by atoms with Gasteiger partial charge in [-0.1, -0.05) is 12.1 Å². The van der Waals surface area contributed by atoms with Crippen LogP contribution in [0, 0.1) is 11.6 Å². The zero-order valence-corrected chi connectivity index (χ0v) is 15.1. The number of rotatable bonds is 8. The first-order chi connectivity index (χ1) is 12.9. The van der Waals surface area contributed by atoms with Crippen molar-refractivity contribution >= 4 is 17.8 Å². The summed E-state index contributed by atoms with van der Waals surface area (Å²) in [5, 5.41) is 5.33. The zero-order valence-electron chi connectivity index (χ0n) is 15.1. The van der Waals surface area contributed by atoms with Gasteiger partial charge in [-0.2, -0.15) is 0 Å². The molecule has 1 saturated heterocycles. The lowest BCUT2D eigenvalue weighted by molar-refractivity contribution is -0.140. The van der Waals surface area contributed by atoms with E-state index in [-0.39, 0.29) is 49.3 Å². The van der Waals surface area contributed by atoms with Crippen LogP contribution in [0.2, 0.25) is 0 Å². The second-order valence-electron chi connectivity index (χ2n) is 6.22. The lowest BCUT2D eigenvalue weighted by atomic mass is 10.1. The minimum Gasteiger partial charge on any atom is -0.469 e. The molecular formula is C18H23F2N3O4. The van der Waals surface area contributed by atoms with E-state index < -0.39 is 17.7 Å². The van der Waals surface area contributed by atoms with Gasteiger partial charge < -0.3 is 15.4 Å². The van der Waals surface area contributed by atoms with Crippen molar-refractivity contribution in [3.05, 3.63) is 35.4 Å². The molecule has 9 heteroatoms. The smallest absolute Gasteiger partial charge is 0.305 e. The number of esters is 1. The maximum absolute atomic E-state index is 13.9. The summed E-state index contributed by atoms with van der Waals surface area (Å²) in [6, 6.07) is 3.11. The van der Waals surface area contributed by atoms with Gasteiger partial charge in [0.1, 0.15) is 0 Å². The Labute approximate surface area is 156 Å². The van der Waals surface area contributed by atoms with Crippen molar-refractivity contribution in [2.45, 2.75) is 31.8 Å². The van der Waals surface area contributed by atoms with Crippen molar-refractivity contribution in [2.75, 3.05) is 26.7 Å². The average molecular weight is 383 g/mol. The maximum Gasteiger partial charge on any atom is 0.305 e. The van der Waals surface area contributed by atoms with Crippen LogP contribution < -0.4 is 10.6 Å². The molecule has 0 bridgehead atoms. The predicted molar refractivity (Wildman–Crippen MR) is 92.4 cm³/mol. The van der Waals surface area contributed by atoms with Gasteiger partial charge in [0.2, 0.25) is 11.8 Å². The van der Waals surface area contributed by atoms with E-state index in [1.165, 1.54) is 19.2 Å². The molecule has 2 rings (SSSR count). The van der Waals surface area contributed by atoms with Crippen LogP contribution in [0.15, 0.2) is 18.2 Å². The molecule has 0 saturated carbocycles. The lowest BCUT2D eigenvalue weighted by Crippen LogP contribution is -2.56. The first-order valence-corrected chi connectivity index (χ1v) is 8.70. The summed E-state index contributed by atoms with van der Waals surface area (Å²) in [4.78, 5) is 37.0. The molecule has 1 atom stereocenters. The SMILES string of the molecule is COC(=O)CCCNC(=O)CC1C(=O)NCCN1Cc1cccc(F)c1F. The van der Waals surface area contributed by atoms with Crippen molar-refractivity contribution in [1.82, 2.24) is 15.5 Å². The maximum atomic E-state index is 13.9. The van der Waals surface area contributed by atoms with Crippen LogP contribution >= 0.6 is 0 Å². The summed E-state index contributed by atoms with van der Waals surface area (Å²) in [7, 11) is 1.29. The summed E-state index contributed by atoms with van der Waals surface area (Å²) in [6.45, 7) is 1.09. The number of hydrogen-bond donors (Lipinski definition) is 2. The average Bonchev–Trinajstić information content (AvgIpc) is 2.65. The van der Waals surface area contributed by atoms with E-state index in [0.29, 0.717) is 19.5 Å². The Morgan fingerprint density at radius 1 is 1.37 bits per heavy atom. The molecule has 1 aromatic carbocycles. The Bertz CT molecular complexity index is 699. The summed E-state index contributed by atoms with van der Waals surface area (Å²) < 4.78 is 31.8. The van der Waals surface area contributed by atoms with Crippen LogP contribution in [-0.4, -0.2) is 55.5 Å². The third-order valence-corrected chi connectivity index (χ3v) is 4.33. The van der Waals surface area contributed by atoms with Crippen LogP contribution in [-0.2, 0) is 25.7 Å². The molecule has 0 aliphatic carbocycles. The zero-order chi connectivity index (χ0) is 19.8. The Morgan fingerprint density at radius 2 is 2.15 bits per heavy atom. The summed E-state index contributed by atoms with van der Waals surface area (Å²) in [5.74, 6) is -2.95. The third kappa shape index (κ3) is 5.99. The van der Waals surface area contributed by atoms with Crippen LogP contribution in [0.5, 0.6) is 0 Å². The van der Waals surface area contributed by atoms with E-state index in [2.05, 4.69) is 15.4 Å². The highest BCUT2D eigenvalue weighted by Gasteiger charge is 2.32. The third-order valence-electron chi connectivity index (χ3n) is 4.33. The van der Waals surface area contributed by atoms with E-state index in [0.717, 1.165) is 6.07 Å². The largest absolute Gasteiger partial charge is 0.469 e. The molecule has 7 nitrogen and oxygen atoms in total. The van der Waals surface area contributed by atoms with Gasteiger partial charge in [0.05, 0.1) is 19.6 Å². The van der Waals surface area contributed by atoms with E-state index in [1.807, 2.05) is 0 Å². The van der Waals surface area contributed by atoms with Crippen molar-refractivity contribution in [1.29, 1.82) is 0 Å². The number of nitrogens with zero attached hydrogens (tertiary/aromatic N) is 1. The molecule has 1 aliphatic heterocycles. The highest BCUT2D eigenvalue weighted by atomic mass is 19.2. The van der Waals surface area contributed by atoms with Gasteiger partial charge in [-0.25, -0.2) is 8.78 Å². The van der Waals surface area contributed by atoms with Crippen LogP contribution in [0.1, 0.15) is 24.8 Å². The van der Waals surface area contributed by atoms with Gasteiger partial charge >= 0.3 is 5.97 Å². The number of piperazine rings is 1. The molecular weight excluding hydrogens is 360 g/mol. The number of nitrogens with one attached hydrogen (secondary N) is 2. The van der Waals surface area contributed by atoms with Crippen LogP contribution in [0.4, 0.5) is 8.78 Å². The molecule has 0 spiro atoms. The number of methoxy groups -OCH3 is 1. The molecule has 1 heterocycles. The minimum atomic E-state index is -0.950. The number of halogens is 2. The molecule has 2 N–H and O–H groups in total. The first kappa shape index (κ1) is 20.8. The number of amides is 2. The van der Waals surface area contributed by atoms with Crippen molar-refractivity contribution in [2.24, 2.45) is 0 Å². The normalized spacial score (nSPS) is 17.3. The summed E-state index contributed by atoms with van der Waals surface area (Å²) in [5.41, 5.74) is 0.133. The molecule has 1 unspecified atom stereocenters. The molecule has 2 amide bonds. The Hall–Kier alpha value is -2.55. The topological polar surface area (TPSA) is 87.7 Å². The van der Waals surface area contributed by atoms with Gasteiger partial charge in [-0.15, -0.1) is 0 Å². The van der Waals surface area contributed by atoms with Crippen LogP contribution in [0.25, 0.3) is 0 Å². The number of benzene rings is 1. The van der Waals surface area contributed by atoms with E-state index >= 15 is 0 Å². The van der Waals surface area contributed by atoms with Gasteiger partial charge in [0, 0.05) is 38.2 Å². The lowest BCUT2D eigenvalue weighted by Gasteiger charge is -2.34. The Kier molecular flexibility index (Phi) is 7.66. The van der Waals surface area contributed by atoms with Gasteiger partial charge in [-0.05, 0) is 12.5 Å². The number of ether oxygens (including phenoxy) is 1. The fourth-order valence-electron chi connectivity index (χ4n) is 2.87. The number of carbonyl (C=O) groups excluding carboxylic acids is 3. The molecule has 148 valence electrons. The van der Waals surface area contributed by atoms with Crippen molar-refractivity contribution in [3.8, 4) is 0 Å². The fourth-order valence-corrected chi connectivity index (χ4v) is 2.87. The van der Waals surface area contributed by atoms with Crippen LogP contribution in [0.3, 0.4) is 0 Å². The van der Waals surface area contributed by atoms with Crippen molar-refractivity contribution < 1.29 is 27.9 Å². The highest BCUT2D eigenvalue weighted by Crippen LogP contribution is 2.18. The van der Waals surface area contributed by atoms with Gasteiger partial charge in [-0.3, -0.25) is 19.3 Å². The van der Waals surface area contributed by atoms with Crippen molar-refractivity contribution in [3.63, 3.8) is 0 Å². The number of carbonyl (C=O) groups is 3. The van der Waals surface area contributed by atoms with E-state index in [1.54, 1.807) is 4.90 Å². The second-order valence-corrected chi connectivity index (χ2v) is 6.22. The Balaban J connectivity index is 1.93. The standard InChI is InChI=1S/C18H23F2N3O4/c1-27-16(25)6-3-7-21-15(24)10-14-18(26)22-8-9-23(14)11-12-4-2-5-13(19)17(12)20/h2,4-5,14H,3,6-11H2,1H3,(H,21,24)(H,22,26). The quantitative estimate of drug-likeness (QED) is 0.510. The monoisotopic (exact) mass is 383 g/mol. The summed E-state index contributed by atoms with van der Waals surface area (Å²) >= 11 is 0. The fraction of sp³-hybridized carbons (Fsp3) is 0.500. The molecule has 1 aromatic rings. The first-order valence-electron chi connectivity index (χ1n) is 8.70.